The molecule has 20 heavy (non-hydrogen) atoms. The van der Waals surface area contributed by atoms with Crippen LogP contribution in [0, 0.1) is 28.1 Å². The zero-order valence-corrected chi connectivity index (χ0v) is 11.1. The second-order valence-electron chi connectivity index (χ2n) is 5.27. The van der Waals surface area contributed by atoms with E-state index in [0.717, 1.165) is 19.3 Å². The van der Waals surface area contributed by atoms with E-state index in [1.54, 1.807) is 6.07 Å². The van der Waals surface area contributed by atoms with Crippen LogP contribution in [0.1, 0.15) is 36.8 Å². The molecule has 0 heterocycles. The summed E-state index contributed by atoms with van der Waals surface area (Å²) in [6.45, 7) is 0.525. The lowest BCUT2D eigenvalue weighted by molar-refractivity contribution is -0.119. The number of hydrogen-bond donors (Lipinski definition) is 2. The van der Waals surface area contributed by atoms with Gasteiger partial charge in [-0.3, -0.25) is 4.79 Å². The van der Waals surface area contributed by atoms with Crippen molar-refractivity contribution in [1.29, 1.82) is 10.5 Å². The first-order valence-corrected chi connectivity index (χ1v) is 6.57. The van der Waals surface area contributed by atoms with Crippen molar-refractivity contribution in [2.24, 2.45) is 11.1 Å². The van der Waals surface area contributed by atoms with E-state index < -0.39 is 0 Å². The molecule has 2 rings (SSSR count). The van der Waals surface area contributed by atoms with Crippen molar-refractivity contribution in [3.63, 3.8) is 0 Å². The Labute approximate surface area is 118 Å². The number of nitrogens with zero attached hydrogens (tertiary/aromatic N) is 2. The SMILES string of the molecule is N#Cc1ccc(NC(=O)CC2(CN)CCC2)cc1C#N. The molecule has 0 saturated heterocycles. The first-order valence-electron chi connectivity index (χ1n) is 6.57. The average molecular weight is 268 g/mol. The fraction of sp³-hybridized carbons (Fsp3) is 0.400. The molecule has 1 aromatic rings. The molecule has 0 unspecified atom stereocenters. The van der Waals surface area contributed by atoms with Crippen LogP contribution in [-0.4, -0.2) is 12.5 Å². The maximum Gasteiger partial charge on any atom is 0.224 e. The Kier molecular flexibility index (Phi) is 4.02. The topological polar surface area (TPSA) is 103 Å². The molecule has 1 fully saturated rings. The molecule has 1 aliphatic carbocycles. The standard InChI is InChI=1S/C15H16N4O/c16-8-11-2-3-13(6-12(11)9-17)19-14(20)7-15(10-18)4-1-5-15/h2-3,6H,1,4-5,7,10,18H2,(H,19,20). The Morgan fingerprint density at radius 2 is 2.00 bits per heavy atom. The molecule has 0 atom stereocenters. The van der Waals surface area contributed by atoms with Gasteiger partial charge in [0.2, 0.25) is 5.91 Å². The second-order valence-corrected chi connectivity index (χ2v) is 5.27. The van der Waals surface area contributed by atoms with Crippen LogP contribution < -0.4 is 11.1 Å². The molecule has 0 radical (unpaired) electrons. The molecule has 102 valence electrons. The first-order chi connectivity index (χ1) is 9.62. The van der Waals surface area contributed by atoms with Crippen molar-refractivity contribution < 1.29 is 4.79 Å². The lowest BCUT2D eigenvalue weighted by Gasteiger charge is -2.40. The zero-order chi connectivity index (χ0) is 14.6. The molecule has 0 spiro atoms. The lowest BCUT2D eigenvalue weighted by Crippen LogP contribution is -2.40. The number of carbonyl (C=O) groups excluding carboxylic acids is 1. The molecule has 1 amide bonds. The highest BCUT2D eigenvalue weighted by atomic mass is 16.1. The predicted octanol–water partition coefficient (Wildman–Crippen LogP) is 1.89. The van der Waals surface area contributed by atoms with Gasteiger partial charge in [-0.2, -0.15) is 10.5 Å². The van der Waals surface area contributed by atoms with E-state index in [0.29, 0.717) is 24.2 Å². The van der Waals surface area contributed by atoms with E-state index in [9.17, 15) is 4.79 Å². The molecular formula is C15H16N4O. The Balaban J connectivity index is 2.05. The summed E-state index contributed by atoms with van der Waals surface area (Å²) in [5.41, 5.74) is 6.80. The summed E-state index contributed by atoms with van der Waals surface area (Å²) >= 11 is 0. The van der Waals surface area contributed by atoms with Gasteiger partial charge in [-0.1, -0.05) is 6.42 Å². The number of rotatable bonds is 4. The third-order valence-electron chi connectivity index (χ3n) is 3.93. The minimum absolute atomic E-state index is 0.0469. The molecule has 0 aromatic heterocycles. The largest absolute Gasteiger partial charge is 0.330 e. The van der Waals surface area contributed by atoms with Gasteiger partial charge in [-0.15, -0.1) is 0 Å². The lowest BCUT2D eigenvalue weighted by atomic mass is 9.66. The van der Waals surface area contributed by atoms with E-state index in [2.05, 4.69) is 5.32 Å². The van der Waals surface area contributed by atoms with Crippen molar-refractivity contribution in [3.05, 3.63) is 29.3 Å². The molecule has 5 nitrogen and oxygen atoms in total. The predicted molar refractivity (Wildman–Crippen MR) is 74.5 cm³/mol. The van der Waals surface area contributed by atoms with Gasteiger partial charge in [0.1, 0.15) is 12.1 Å². The molecule has 0 bridgehead atoms. The normalized spacial score (nSPS) is 15.6. The van der Waals surface area contributed by atoms with Crippen molar-refractivity contribution in [2.45, 2.75) is 25.7 Å². The van der Waals surface area contributed by atoms with Crippen LogP contribution in [-0.2, 0) is 4.79 Å². The Hall–Kier alpha value is -2.37. The van der Waals surface area contributed by atoms with Gasteiger partial charge < -0.3 is 11.1 Å². The van der Waals surface area contributed by atoms with Crippen LogP contribution in [0.2, 0.25) is 0 Å². The highest BCUT2D eigenvalue weighted by molar-refractivity contribution is 5.91. The average Bonchev–Trinajstić information content (AvgIpc) is 2.42. The maximum absolute atomic E-state index is 12.0. The minimum atomic E-state index is -0.0938. The number of anilines is 1. The summed E-state index contributed by atoms with van der Waals surface area (Å²) < 4.78 is 0. The maximum atomic E-state index is 12.0. The third kappa shape index (κ3) is 2.79. The summed E-state index contributed by atoms with van der Waals surface area (Å²) in [5, 5.41) is 20.6. The highest BCUT2D eigenvalue weighted by Gasteiger charge is 2.37. The highest BCUT2D eigenvalue weighted by Crippen LogP contribution is 2.43. The van der Waals surface area contributed by atoms with E-state index in [1.807, 2.05) is 12.1 Å². The number of benzene rings is 1. The van der Waals surface area contributed by atoms with Gasteiger partial charge in [0.25, 0.3) is 0 Å². The smallest absolute Gasteiger partial charge is 0.224 e. The Morgan fingerprint density at radius 1 is 1.30 bits per heavy atom. The van der Waals surface area contributed by atoms with Crippen LogP contribution in [0.5, 0.6) is 0 Å². The third-order valence-corrected chi connectivity index (χ3v) is 3.93. The number of nitriles is 2. The van der Waals surface area contributed by atoms with E-state index in [1.165, 1.54) is 12.1 Å². The van der Waals surface area contributed by atoms with Gasteiger partial charge in [0, 0.05) is 12.1 Å². The molecule has 5 heteroatoms. The first kappa shape index (κ1) is 14.0. The number of amides is 1. The van der Waals surface area contributed by atoms with Gasteiger partial charge in [0.15, 0.2) is 0 Å². The van der Waals surface area contributed by atoms with Crippen LogP contribution in [0.3, 0.4) is 0 Å². The summed E-state index contributed by atoms with van der Waals surface area (Å²) in [7, 11) is 0. The van der Waals surface area contributed by atoms with E-state index in [-0.39, 0.29) is 16.9 Å². The summed E-state index contributed by atoms with van der Waals surface area (Å²) in [5.74, 6) is -0.0938. The summed E-state index contributed by atoms with van der Waals surface area (Å²) in [6, 6.07) is 8.58. The number of hydrogen-bond acceptors (Lipinski definition) is 4. The number of carbonyl (C=O) groups is 1. The number of nitrogens with one attached hydrogen (secondary N) is 1. The molecule has 1 aliphatic rings. The van der Waals surface area contributed by atoms with Crippen molar-refractivity contribution in [1.82, 2.24) is 0 Å². The van der Waals surface area contributed by atoms with Crippen LogP contribution in [0.15, 0.2) is 18.2 Å². The fourth-order valence-electron chi connectivity index (χ4n) is 2.49. The van der Waals surface area contributed by atoms with Gasteiger partial charge in [-0.05, 0) is 43.0 Å². The molecule has 0 aliphatic heterocycles. The van der Waals surface area contributed by atoms with Gasteiger partial charge >= 0.3 is 0 Å². The monoisotopic (exact) mass is 268 g/mol. The molecule has 1 aromatic carbocycles. The van der Waals surface area contributed by atoms with E-state index in [4.69, 9.17) is 16.3 Å². The molecular weight excluding hydrogens is 252 g/mol. The summed E-state index contributed by atoms with van der Waals surface area (Å²) in [6.07, 6.45) is 3.52. The van der Waals surface area contributed by atoms with Crippen molar-refractivity contribution in [2.75, 3.05) is 11.9 Å². The van der Waals surface area contributed by atoms with Crippen LogP contribution in [0.4, 0.5) is 5.69 Å². The Bertz CT molecular complexity index is 600. The second kappa shape index (κ2) is 5.73. The molecule has 3 N–H and O–H groups in total. The van der Waals surface area contributed by atoms with Crippen molar-refractivity contribution in [3.8, 4) is 12.1 Å². The van der Waals surface area contributed by atoms with Gasteiger partial charge in [-0.25, -0.2) is 0 Å². The zero-order valence-electron chi connectivity index (χ0n) is 11.1. The van der Waals surface area contributed by atoms with Gasteiger partial charge in [0.05, 0.1) is 11.1 Å². The fourth-order valence-corrected chi connectivity index (χ4v) is 2.49. The van der Waals surface area contributed by atoms with E-state index >= 15 is 0 Å². The van der Waals surface area contributed by atoms with Crippen LogP contribution >= 0.6 is 0 Å². The Morgan fingerprint density at radius 3 is 2.50 bits per heavy atom. The summed E-state index contributed by atoms with van der Waals surface area (Å²) in [4.78, 5) is 12.0. The number of nitrogens with two attached hydrogens (primary N) is 1. The molecule has 1 saturated carbocycles. The van der Waals surface area contributed by atoms with Crippen molar-refractivity contribution >= 4 is 11.6 Å². The minimum Gasteiger partial charge on any atom is -0.330 e. The van der Waals surface area contributed by atoms with Crippen LogP contribution in [0.25, 0.3) is 0 Å². The quantitative estimate of drug-likeness (QED) is 0.870.